The first-order valence-electron chi connectivity index (χ1n) is 9.29. The van der Waals surface area contributed by atoms with Crippen molar-refractivity contribution in [1.29, 1.82) is 0 Å². The Kier molecular flexibility index (Phi) is 5.44. The number of hydrogen-bond donors (Lipinski definition) is 1. The maximum atomic E-state index is 12.1. The minimum absolute atomic E-state index is 0.670. The number of ether oxygens (including phenoxy) is 1. The summed E-state index contributed by atoms with van der Waals surface area (Å²) in [5, 5.41) is 9.94. The van der Waals surface area contributed by atoms with Crippen molar-refractivity contribution in [2.24, 2.45) is 0 Å². The lowest BCUT2D eigenvalue weighted by molar-refractivity contribution is -0.145. The maximum Gasteiger partial charge on any atom is 0.314 e. The number of methoxy groups -OCH3 is 1. The zero-order valence-electron chi connectivity index (χ0n) is 14.7. The molecule has 2 aliphatic rings. The summed E-state index contributed by atoms with van der Waals surface area (Å²) in [6.07, 6.45) is 8.46. The highest BCUT2D eigenvalue weighted by Crippen LogP contribution is 2.41. The number of nitrogens with zero attached hydrogens (tertiary/aromatic N) is 1. The molecule has 132 valence electrons. The topological polar surface area (TPSA) is 49.8 Å². The Hall–Kier alpha value is -1.55. The Morgan fingerprint density at radius 3 is 2.42 bits per heavy atom. The molecule has 1 heterocycles. The molecule has 1 aliphatic heterocycles. The number of aliphatic carboxylic acids is 1. The molecule has 0 radical (unpaired) electrons. The molecule has 3 rings (SSSR count). The van der Waals surface area contributed by atoms with Crippen molar-refractivity contribution in [2.45, 2.75) is 63.3 Å². The lowest BCUT2D eigenvalue weighted by Gasteiger charge is -2.34. The summed E-state index contributed by atoms with van der Waals surface area (Å²) in [5.41, 5.74) is 1.38. The van der Waals surface area contributed by atoms with Crippen LogP contribution in [0.15, 0.2) is 18.2 Å². The van der Waals surface area contributed by atoms with Gasteiger partial charge in [-0.1, -0.05) is 31.7 Å². The van der Waals surface area contributed by atoms with E-state index in [4.69, 9.17) is 4.74 Å². The van der Waals surface area contributed by atoms with Crippen LogP contribution in [0.25, 0.3) is 0 Å². The second kappa shape index (κ2) is 7.56. The van der Waals surface area contributed by atoms with Crippen molar-refractivity contribution in [3.8, 4) is 5.75 Å². The molecule has 24 heavy (non-hydrogen) atoms. The molecule has 0 amide bonds. The van der Waals surface area contributed by atoms with Gasteiger partial charge in [0.15, 0.2) is 0 Å². The number of carbonyl (C=O) groups is 1. The fourth-order valence-corrected chi connectivity index (χ4v) is 4.34. The standard InChI is InChI=1S/C20H29NO3/c1-24-18-9-8-17(20(19(22)23)10-4-2-5-11-20)14-16(18)15-21-12-6-3-7-13-21/h8-9,14H,2-7,10-13,15H2,1H3,(H,22,23). The van der Waals surface area contributed by atoms with E-state index in [-0.39, 0.29) is 0 Å². The zero-order chi connectivity index (χ0) is 17.0. The summed E-state index contributed by atoms with van der Waals surface area (Å²) >= 11 is 0. The lowest BCUT2D eigenvalue weighted by Crippen LogP contribution is -2.38. The van der Waals surface area contributed by atoms with Crippen LogP contribution in [0, 0.1) is 0 Å². The molecule has 0 bridgehead atoms. The van der Waals surface area contributed by atoms with E-state index in [0.717, 1.165) is 68.6 Å². The van der Waals surface area contributed by atoms with Gasteiger partial charge in [0.05, 0.1) is 12.5 Å². The number of likely N-dealkylation sites (tertiary alicyclic amines) is 1. The smallest absolute Gasteiger partial charge is 0.314 e. The van der Waals surface area contributed by atoms with Gasteiger partial charge >= 0.3 is 5.97 Å². The Morgan fingerprint density at radius 2 is 1.79 bits per heavy atom. The van der Waals surface area contributed by atoms with Crippen molar-refractivity contribution in [3.05, 3.63) is 29.3 Å². The van der Waals surface area contributed by atoms with Crippen molar-refractivity contribution in [3.63, 3.8) is 0 Å². The number of hydrogen-bond acceptors (Lipinski definition) is 3. The van der Waals surface area contributed by atoms with Crippen LogP contribution in [0.1, 0.15) is 62.5 Å². The van der Waals surface area contributed by atoms with E-state index in [0.29, 0.717) is 0 Å². The van der Waals surface area contributed by atoms with Crippen molar-refractivity contribution in [1.82, 2.24) is 4.90 Å². The molecule has 4 heteroatoms. The average molecular weight is 331 g/mol. The van der Waals surface area contributed by atoms with E-state index in [1.54, 1.807) is 7.11 Å². The SMILES string of the molecule is COc1ccc(C2(C(=O)O)CCCCC2)cc1CN1CCCCC1. The molecular weight excluding hydrogens is 302 g/mol. The molecule has 1 saturated carbocycles. The second-order valence-electron chi connectivity index (χ2n) is 7.31. The normalized spacial score (nSPS) is 21.4. The van der Waals surface area contributed by atoms with Gasteiger partial charge in [-0.25, -0.2) is 0 Å². The highest BCUT2D eigenvalue weighted by molar-refractivity contribution is 5.81. The van der Waals surface area contributed by atoms with Crippen LogP contribution in [-0.2, 0) is 16.8 Å². The van der Waals surface area contributed by atoms with Crippen molar-refractivity contribution >= 4 is 5.97 Å². The quantitative estimate of drug-likeness (QED) is 0.887. The molecule has 2 fully saturated rings. The van der Waals surface area contributed by atoms with Gasteiger partial charge in [-0.2, -0.15) is 0 Å². The predicted molar refractivity (Wildman–Crippen MR) is 94.5 cm³/mol. The van der Waals surface area contributed by atoms with E-state index >= 15 is 0 Å². The van der Waals surface area contributed by atoms with Gasteiger partial charge in [-0.3, -0.25) is 9.69 Å². The van der Waals surface area contributed by atoms with Gasteiger partial charge in [0, 0.05) is 12.1 Å². The zero-order valence-corrected chi connectivity index (χ0v) is 14.7. The van der Waals surface area contributed by atoms with Gasteiger partial charge in [0.1, 0.15) is 5.75 Å². The third-order valence-electron chi connectivity index (χ3n) is 5.79. The molecule has 0 aromatic heterocycles. The highest BCUT2D eigenvalue weighted by atomic mass is 16.5. The molecule has 1 aliphatic carbocycles. The summed E-state index contributed by atoms with van der Waals surface area (Å²) in [5.74, 6) is 0.206. The number of rotatable bonds is 5. The van der Waals surface area contributed by atoms with Crippen molar-refractivity contribution in [2.75, 3.05) is 20.2 Å². The van der Waals surface area contributed by atoms with Crippen molar-refractivity contribution < 1.29 is 14.6 Å². The Bertz CT molecular complexity index is 572. The predicted octanol–water partition coefficient (Wildman–Crippen LogP) is 3.97. The first-order chi connectivity index (χ1) is 11.7. The molecule has 0 atom stereocenters. The number of benzene rings is 1. The fraction of sp³-hybridized carbons (Fsp3) is 0.650. The van der Waals surface area contributed by atoms with Gasteiger partial charge in [-0.15, -0.1) is 0 Å². The van der Waals surface area contributed by atoms with E-state index in [9.17, 15) is 9.90 Å². The summed E-state index contributed by atoms with van der Waals surface area (Å²) in [7, 11) is 1.70. The first kappa shape index (κ1) is 17.3. The van der Waals surface area contributed by atoms with Crippen LogP contribution in [0.5, 0.6) is 5.75 Å². The third-order valence-corrected chi connectivity index (χ3v) is 5.79. The van der Waals surface area contributed by atoms with Gasteiger partial charge in [0.2, 0.25) is 0 Å². The highest BCUT2D eigenvalue weighted by Gasteiger charge is 2.41. The van der Waals surface area contributed by atoms with E-state index in [1.807, 2.05) is 12.1 Å². The van der Waals surface area contributed by atoms with Crippen LogP contribution in [0.2, 0.25) is 0 Å². The largest absolute Gasteiger partial charge is 0.496 e. The molecule has 0 unspecified atom stereocenters. The number of piperidine rings is 1. The Balaban J connectivity index is 1.90. The minimum atomic E-state index is -0.707. The fourth-order valence-electron chi connectivity index (χ4n) is 4.34. The summed E-state index contributed by atoms with van der Waals surface area (Å²) in [6.45, 7) is 3.10. The monoisotopic (exact) mass is 331 g/mol. The molecule has 0 spiro atoms. The minimum Gasteiger partial charge on any atom is -0.496 e. The molecule has 1 saturated heterocycles. The summed E-state index contributed by atoms with van der Waals surface area (Å²) < 4.78 is 5.55. The molecule has 1 aromatic rings. The average Bonchev–Trinajstić information content (AvgIpc) is 2.63. The van der Waals surface area contributed by atoms with E-state index < -0.39 is 11.4 Å². The van der Waals surface area contributed by atoms with E-state index in [2.05, 4.69) is 11.0 Å². The Labute approximate surface area is 144 Å². The van der Waals surface area contributed by atoms with Gasteiger partial charge in [-0.05, 0) is 56.5 Å². The second-order valence-corrected chi connectivity index (χ2v) is 7.31. The Morgan fingerprint density at radius 1 is 1.12 bits per heavy atom. The summed E-state index contributed by atoms with van der Waals surface area (Å²) in [6, 6.07) is 6.04. The molecule has 1 N–H and O–H groups in total. The van der Waals surface area contributed by atoms with Crippen LogP contribution in [0.4, 0.5) is 0 Å². The van der Waals surface area contributed by atoms with Crippen LogP contribution >= 0.6 is 0 Å². The van der Waals surface area contributed by atoms with Crippen LogP contribution < -0.4 is 4.74 Å². The number of carboxylic acids is 1. The van der Waals surface area contributed by atoms with Gasteiger partial charge in [0.25, 0.3) is 0 Å². The van der Waals surface area contributed by atoms with Gasteiger partial charge < -0.3 is 9.84 Å². The van der Waals surface area contributed by atoms with Crippen LogP contribution in [-0.4, -0.2) is 36.2 Å². The molecular formula is C20H29NO3. The summed E-state index contributed by atoms with van der Waals surface area (Å²) in [4.78, 5) is 14.5. The van der Waals surface area contributed by atoms with Crippen LogP contribution in [0.3, 0.4) is 0 Å². The lowest BCUT2D eigenvalue weighted by atomic mass is 9.69. The molecule has 1 aromatic carbocycles. The number of carboxylic acid groups (broad SMARTS) is 1. The van der Waals surface area contributed by atoms with E-state index in [1.165, 1.54) is 19.3 Å². The third kappa shape index (κ3) is 3.44. The maximum absolute atomic E-state index is 12.1. The first-order valence-corrected chi connectivity index (χ1v) is 9.29. The molecule has 4 nitrogen and oxygen atoms in total.